The summed E-state index contributed by atoms with van der Waals surface area (Å²) in [5.74, 6) is 0.446. The van der Waals surface area contributed by atoms with Gasteiger partial charge in [0.2, 0.25) is 11.6 Å². The Kier molecular flexibility index (Phi) is 5.47. The van der Waals surface area contributed by atoms with Gasteiger partial charge in [-0.1, -0.05) is 0 Å². The minimum absolute atomic E-state index is 0.149. The standard InChI is InChI=1S/C11H16N6O2/c1-3-13-10-9(17(18)19)11(15-8-14-10)16(4-2)7-5-6-12/h8H,3-5,7H2,1-2H3,(H,13,14,15). The predicted molar refractivity (Wildman–Crippen MR) is 71.0 cm³/mol. The Hall–Kier alpha value is -2.43. The van der Waals surface area contributed by atoms with Crippen molar-refractivity contribution in [2.45, 2.75) is 20.3 Å². The number of nitro groups is 1. The molecule has 0 aliphatic heterocycles. The van der Waals surface area contributed by atoms with Crippen molar-refractivity contribution < 1.29 is 4.92 Å². The van der Waals surface area contributed by atoms with Crippen molar-refractivity contribution in [3.63, 3.8) is 0 Å². The highest BCUT2D eigenvalue weighted by atomic mass is 16.6. The molecule has 0 spiro atoms. The molecule has 0 bridgehead atoms. The zero-order valence-electron chi connectivity index (χ0n) is 11.0. The highest BCUT2D eigenvalue weighted by Crippen LogP contribution is 2.31. The summed E-state index contributed by atoms with van der Waals surface area (Å²) in [5.41, 5.74) is -0.149. The molecule has 0 saturated carbocycles. The van der Waals surface area contributed by atoms with E-state index in [-0.39, 0.29) is 23.7 Å². The van der Waals surface area contributed by atoms with Crippen LogP contribution in [-0.4, -0.2) is 34.5 Å². The Morgan fingerprint density at radius 1 is 1.53 bits per heavy atom. The van der Waals surface area contributed by atoms with E-state index in [0.717, 1.165) is 0 Å². The van der Waals surface area contributed by atoms with Gasteiger partial charge in [0, 0.05) is 19.6 Å². The first-order chi connectivity index (χ1) is 9.15. The largest absolute Gasteiger partial charge is 0.364 e. The van der Waals surface area contributed by atoms with Gasteiger partial charge in [-0.2, -0.15) is 5.26 Å². The molecule has 0 atom stereocenters. The minimum atomic E-state index is -0.498. The van der Waals surface area contributed by atoms with Crippen LogP contribution in [0.2, 0.25) is 0 Å². The number of hydrogen-bond acceptors (Lipinski definition) is 7. The second kappa shape index (κ2) is 7.10. The molecule has 0 radical (unpaired) electrons. The van der Waals surface area contributed by atoms with Crippen LogP contribution in [0.3, 0.4) is 0 Å². The quantitative estimate of drug-likeness (QED) is 0.588. The van der Waals surface area contributed by atoms with Crippen LogP contribution in [0.5, 0.6) is 0 Å². The van der Waals surface area contributed by atoms with Gasteiger partial charge >= 0.3 is 5.69 Å². The Labute approximate surface area is 111 Å². The number of hydrogen-bond donors (Lipinski definition) is 1. The molecule has 1 N–H and O–H groups in total. The highest BCUT2D eigenvalue weighted by molar-refractivity contribution is 5.70. The van der Waals surface area contributed by atoms with Crippen LogP contribution < -0.4 is 10.2 Å². The van der Waals surface area contributed by atoms with E-state index in [2.05, 4.69) is 15.3 Å². The molecule has 8 heteroatoms. The Balaban J connectivity index is 3.21. The summed E-state index contributed by atoms with van der Waals surface area (Å²) >= 11 is 0. The second-order valence-electron chi connectivity index (χ2n) is 3.67. The fourth-order valence-electron chi connectivity index (χ4n) is 1.66. The van der Waals surface area contributed by atoms with Gasteiger partial charge < -0.3 is 10.2 Å². The van der Waals surface area contributed by atoms with E-state index in [1.165, 1.54) is 6.33 Å². The first kappa shape index (κ1) is 14.6. The van der Waals surface area contributed by atoms with Crippen LogP contribution in [0.15, 0.2) is 6.33 Å². The van der Waals surface area contributed by atoms with Crippen LogP contribution in [0.1, 0.15) is 20.3 Å². The molecule has 8 nitrogen and oxygen atoms in total. The van der Waals surface area contributed by atoms with Crippen molar-refractivity contribution in [1.29, 1.82) is 5.26 Å². The lowest BCUT2D eigenvalue weighted by Gasteiger charge is -2.20. The van der Waals surface area contributed by atoms with Gasteiger partial charge in [-0.05, 0) is 13.8 Å². The van der Waals surface area contributed by atoms with Crippen molar-refractivity contribution in [3.8, 4) is 6.07 Å². The Morgan fingerprint density at radius 2 is 2.26 bits per heavy atom. The summed E-state index contributed by atoms with van der Waals surface area (Å²) in [4.78, 5) is 20.3. The lowest BCUT2D eigenvalue weighted by molar-refractivity contribution is -0.383. The van der Waals surface area contributed by atoms with E-state index in [1.807, 2.05) is 19.9 Å². The number of anilines is 2. The summed E-state index contributed by atoms with van der Waals surface area (Å²) < 4.78 is 0. The summed E-state index contributed by atoms with van der Waals surface area (Å²) in [6.07, 6.45) is 1.57. The van der Waals surface area contributed by atoms with Gasteiger partial charge in [-0.25, -0.2) is 9.97 Å². The van der Waals surface area contributed by atoms with Gasteiger partial charge in [-0.3, -0.25) is 10.1 Å². The van der Waals surface area contributed by atoms with E-state index in [1.54, 1.807) is 4.90 Å². The maximum absolute atomic E-state index is 11.2. The molecule has 0 amide bonds. The molecule has 1 aromatic heterocycles. The average Bonchev–Trinajstić information content (AvgIpc) is 2.40. The normalized spacial score (nSPS) is 9.74. The van der Waals surface area contributed by atoms with E-state index >= 15 is 0 Å². The topological polar surface area (TPSA) is 108 Å². The molecule has 0 fully saturated rings. The number of nitriles is 1. The van der Waals surface area contributed by atoms with E-state index in [0.29, 0.717) is 19.6 Å². The van der Waals surface area contributed by atoms with E-state index in [4.69, 9.17) is 5.26 Å². The summed E-state index contributed by atoms with van der Waals surface area (Å²) in [5, 5.41) is 22.7. The van der Waals surface area contributed by atoms with Crippen molar-refractivity contribution in [2.75, 3.05) is 29.9 Å². The molecule has 0 aliphatic rings. The maximum Gasteiger partial charge on any atom is 0.353 e. The van der Waals surface area contributed by atoms with Crippen molar-refractivity contribution in [1.82, 2.24) is 9.97 Å². The Bertz CT molecular complexity index is 485. The molecule has 0 aromatic carbocycles. The van der Waals surface area contributed by atoms with Crippen LogP contribution in [-0.2, 0) is 0 Å². The van der Waals surface area contributed by atoms with Gasteiger partial charge in [-0.15, -0.1) is 0 Å². The van der Waals surface area contributed by atoms with Crippen molar-refractivity contribution in [3.05, 3.63) is 16.4 Å². The zero-order chi connectivity index (χ0) is 14.3. The maximum atomic E-state index is 11.2. The smallest absolute Gasteiger partial charge is 0.353 e. The molecule has 1 heterocycles. The number of nitrogens with one attached hydrogen (secondary N) is 1. The van der Waals surface area contributed by atoms with Gasteiger partial charge in [0.25, 0.3) is 0 Å². The fraction of sp³-hybridized carbons (Fsp3) is 0.545. The summed E-state index contributed by atoms with van der Waals surface area (Å²) in [7, 11) is 0. The molecule has 102 valence electrons. The number of nitrogens with zero attached hydrogens (tertiary/aromatic N) is 5. The fourth-order valence-corrected chi connectivity index (χ4v) is 1.66. The SMILES string of the molecule is CCNc1ncnc(N(CC)CCC#N)c1[N+](=O)[O-]. The third-order valence-corrected chi connectivity index (χ3v) is 2.50. The van der Waals surface area contributed by atoms with Gasteiger partial charge in [0.05, 0.1) is 17.4 Å². The molecule has 19 heavy (non-hydrogen) atoms. The van der Waals surface area contributed by atoms with E-state index in [9.17, 15) is 10.1 Å². The molecule has 0 unspecified atom stereocenters. The van der Waals surface area contributed by atoms with Crippen LogP contribution in [0.25, 0.3) is 0 Å². The van der Waals surface area contributed by atoms with E-state index < -0.39 is 4.92 Å². The minimum Gasteiger partial charge on any atom is -0.364 e. The number of aromatic nitrogens is 2. The predicted octanol–water partition coefficient (Wildman–Crippen LogP) is 1.56. The third-order valence-electron chi connectivity index (χ3n) is 2.50. The lowest BCUT2D eigenvalue weighted by Crippen LogP contribution is -2.26. The van der Waals surface area contributed by atoms with Crippen molar-refractivity contribution >= 4 is 17.3 Å². The molecule has 0 aliphatic carbocycles. The monoisotopic (exact) mass is 264 g/mol. The highest BCUT2D eigenvalue weighted by Gasteiger charge is 2.25. The third kappa shape index (κ3) is 3.51. The van der Waals surface area contributed by atoms with Crippen LogP contribution in [0, 0.1) is 21.4 Å². The molecular formula is C11H16N6O2. The van der Waals surface area contributed by atoms with Crippen LogP contribution >= 0.6 is 0 Å². The number of rotatable bonds is 7. The lowest BCUT2D eigenvalue weighted by atomic mass is 10.3. The molecule has 0 saturated heterocycles. The van der Waals surface area contributed by atoms with Gasteiger partial charge in [0.15, 0.2) is 0 Å². The van der Waals surface area contributed by atoms with Crippen molar-refractivity contribution in [2.24, 2.45) is 0 Å². The average molecular weight is 264 g/mol. The first-order valence-corrected chi connectivity index (χ1v) is 6.00. The van der Waals surface area contributed by atoms with Gasteiger partial charge in [0.1, 0.15) is 6.33 Å². The first-order valence-electron chi connectivity index (χ1n) is 6.00. The second-order valence-corrected chi connectivity index (χ2v) is 3.67. The van der Waals surface area contributed by atoms with Crippen LogP contribution in [0.4, 0.5) is 17.3 Å². The Morgan fingerprint density at radius 3 is 2.79 bits per heavy atom. The molecule has 1 rings (SSSR count). The summed E-state index contributed by atoms with van der Waals surface area (Å²) in [6.45, 7) is 5.15. The molecule has 1 aromatic rings. The zero-order valence-corrected chi connectivity index (χ0v) is 11.0. The summed E-state index contributed by atoms with van der Waals surface area (Å²) in [6, 6.07) is 2.02. The molecular weight excluding hydrogens is 248 g/mol.